The molecule has 1 atom stereocenters. The maximum atomic E-state index is 13.4. The van der Waals surface area contributed by atoms with Crippen molar-refractivity contribution in [3.63, 3.8) is 0 Å². The van der Waals surface area contributed by atoms with E-state index >= 15 is 0 Å². The van der Waals surface area contributed by atoms with E-state index in [0.29, 0.717) is 38.6 Å². The first-order chi connectivity index (χ1) is 17.0. The predicted molar refractivity (Wildman–Crippen MR) is 135 cm³/mol. The molecule has 1 saturated heterocycles. The van der Waals surface area contributed by atoms with Crippen LogP contribution in [0.2, 0.25) is 0 Å². The molecule has 1 aromatic heterocycles. The topological polar surface area (TPSA) is 74.0 Å². The number of hydrogen-bond donors (Lipinski definition) is 3. The molecule has 1 aliphatic heterocycles. The Morgan fingerprint density at radius 2 is 1.74 bits per heavy atom. The zero-order valence-electron chi connectivity index (χ0n) is 19.4. The number of rotatable bonds is 8. The monoisotopic (exact) mass is 469 g/mol. The number of nitrogens with one attached hydrogen (secondary N) is 3. The second-order valence-corrected chi connectivity index (χ2v) is 9.37. The third-order valence-electron chi connectivity index (χ3n) is 6.78. The highest BCUT2D eigenvalue weighted by molar-refractivity contribution is 5.81. The zero-order valence-corrected chi connectivity index (χ0v) is 19.4. The van der Waals surface area contributed by atoms with E-state index in [0.717, 1.165) is 27.7 Å². The van der Waals surface area contributed by atoms with E-state index in [9.17, 15) is 14.0 Å². The van der Waals surface area contributed by atoms with E-state index in [1.54, 1.807) is 6.07 Å². The van der Waals surface area contributed by atoms with Gasteiger partial charge in [-0.3, -0.25) is 9.59 Å². The fourth-order valence-corrected chi connectivity index (χ4v) is 4.91. The van der Waals surface area contributed by atoms with Crippen molar-refractivity contribution in [2.24, 2.45) is 0 Å². The Hall–Kier alpha value is -3.93. The van der Waals surface area contributed by atoms with Crippen molar-refractivity contribution in [3.8, 4) is 11.1 Å². The van der Waals surface area contributed by atoms with Crippen LogP contribution in [-0.4, -0.2) is 22.3 Å². The van der Waals surface area contributed by atoms with Crippen molar-refractivity contribution in [1.82, 2.24) is 15.6 Å². The molecule has 3 N–H and O–H groups in total. The Balaban J connectivity index is 1.20. The molecular weight excluding hydrogens is 441 g/mol. The van der Waals surface area contributed by atoms with Crippen LogP contribution in [-0.2, 0) is 22.6 Å². The van der Waals surface area contributed by atoms with Crippen molar-refractivity contribution < 1.29 is 14.0 Å². The number of aromatic amines is 1. The summed E-state index contributed by atoms with van der Waals surface area (Å²) in [6, 6.07) is 25.0. The van der Waals surface area contributed by atoms with Gasteiger partial charge in [-0.25, -0.2) is 4.39 Å². The van der Waals surface area contributed by atoms with Crippen LogP contribution in [0.1, 0.15) is 36.9 Å². The first-order valence-corrected chi connectivity index (χ1v) is 12.0. The number of fused-ring (bicyclic) bond motifs is 1. The maximum absolute atomic E-state index is 13.4. The van der Waals surface area contributed by atoms with E-state index in [4.69, 9.17) is 0 Å². The fraction of sp³-hybridized carbons (Fsp3) is 0.241. The van der Waals surface area contributed by atoms with E-state index in [1.807, 2.05) is 24.3 Å². The highest BCUT2D eigenvalue weighted by Gasteiger charge is 2.37. The van der Waals surface area contributed by atoms with Crippen LogP contribution >= 0.6 is 0 Å². The largest absolute Gasteiger partial charge is 0.357 e. The molecule has 0 radical (unpaired) electrons. The SMILES string of the molecule is O=C(CCC1(Cc2ccc(-c3ccccc3)cc2)CCC(=O)N1)NCc1cc2cc(F)ccc2[nH]1. The molecule has 0 bridgehead atoms. The summed E-state index contributed by atoms with van der Waals surface area (Å²) in [6.45, 7) is 0.343. The molecule has 2 amide bonds. The van der Waals surface area contributed by atoms with E-state index < -0.39 is 5.54 Å². The standard InChI is InChI=1S/C29H28FN3O2/c30-24-10-11-26-23(16-24)17-25(32-26)19-31-27(34)12-14-29(15-13-28(35)33-29)18-20-6-8-22(9-7-20)21-4-2-1-3-5-21/h1-11,16-17,32H,12-15,18-19H2,(H,31,34)(H,33,35). The fourth-order valence-electron chi connectivity index (χ4n) is 4.91. The van der Waals surface area contributed by atoms with Crippen LogP contribution < -0.4 is 10.6 Å². The summed E-state index contributed by atoms with van der Waals surface area (Å²) in [5, 5.41) is 6.87. The molecular formula is C29H28FN3O2. The van der Waals surface area contributed by atoms with E-state index in [1.165, 1.54) is 17.7 Å². The third-order valence-corrected chi connectivity index (χ3v) is 6.78. The highest BCUT2D eigenvalue weighted by Crippen LogP contribution is 2.30. The molecule has 5 rings (SSSR count). The molecule has 1 aliphatic rings. The average Bonchev–Trinajstić information content (AvgIpc) is 3.45. The number of halogens is 1. The molecule has 2 heterocycles. The molecule has 4 aromatic rings. The van der Waals surface area contributed by atoms with Gasteiger partial charge in [0.25, 0.3) is 0 Å². The van der Waals surface area contributed by atoms with Crippen LogP contribution in [0, 0.1) is 5.82 Å². The lowest BCUT2D eigenvalue weighted by atomic mass is 9.84. The van der Waals surface area contributed by atoms with Gasteiger partial charge < -0.3 is 15.6 Å². The number of carbonyl (C=O) groups excluding carboxylic acids is 2. The van der Waals surface area contributed by atoms with Crippen LogP contribution in [0.5, 0.6) is 0 Å². The van der Waals surface area contributed by atoms with Crippen molar-refractivity contribution in [2.45, 2.75) is 44.2 Å². The Kier molecular flexibility index (Phi) is 6.36. The maximum Gasteiger partial charge on any atom is 0.220 e. The van der Waals surface area contributed by atoms with Gasteiger partial charge in [0.05, 0.1) is 6.54 Å². The quantitative estimate of drug-likeness (QED) is 0.329. The lowest BCUT2D eigenvalue weighted by molar-refractivity contribution is -0.122. The number of hydrogen-bond acceptors (Lipinski definition) is 2. The Labute approximate surface area is 203 Å². The zero-order chi connectivity index (χ0) is 24.3. The average molecular weight is 470 g/mol. The van der Waals surface area contributed by atoms with Gasteiger partial charge in [0, 0.05) is 35.0 Å². The van der Waals surface area contributed by atoms with Gasteiger partial charge >= 0.3 is 0 Å². The number of benzene rings is 3. The third kappa shape index (κ3) is 5.43. The first-order valence-electron chi connectivity index (χ1n) is 12.0. The first kappa shape index (κ1) is 22.8. The Morgan fingerprint density at radius 1 is 0.971 bits per heavy atom. The van der Waals surface area contributed by atoms with Gasteiger partial charge in [0.15, 0.2) is 0 Å². The van der Waals surface area contributed by atoms with Crippen molar-refractivity contribution in [2.75, 3.05) is 0 Å². The van der Waals surface area contributed by atoms with Crippen molar-refractivity contribution in [3.05, 3.63) is 95.9 Å². The molecule has 1 fully saturated rings. The molecule has 5 nitrogen and oxygen atoms in total. The predicted octanol–water partition coefficient (Wildman–Crippen LogP) is 5.26. The Bertz CT molecular complexity index is 1350. The summed E-state index contributed by atoms with van der Waals surface area (Å²) in [7, 11) is 0. The lowest BCUT2D eigenvalue weighted by Crippen LogP contribution is -2.44. The van der Waals surface area contributed by atoms with Crippen LogP contribution in [0.3, 0.4) is 0 Å². The van der Waals surface area contributed by atoms with Gasteiger partial charge in [0.2, 0.25) is 11.8 Å². The van der Waals surface area contributed by atoms with Gasteiger partial charge in [-0.05, 0) is 60.2 Å². The van der Waals surface area contributed by atoms with Gasteiger partial charge in [0.1, 0.15) is 5.82 Å². The van der Waals surface area contributed by atoms with Crippen LogP contribution in [0.25, 0.3) is 22.0 Å². The summed E-state index contributed by atoms with van der Waals surface area (Å²) in [6.07, 6.45) is 2.78. The van der Waals surface area contributed by atoms with Gasteiger partial charge in [-0.15, -0.1) is 0 Å². The van der Waals surface area contributed by atoms with Crippen molar-refractivity contribution >= 4 is 22.7 Å². The minimum Gasteiger partial charge on any atom is -0.357 e. The molecule has 0 spiro atoms. The molecule has 35 heavy (non-hydrogen) atoms. The second-order valence-electron chi connectivity index (χ2n) is 9.37. The molecule has 6 heteroatoms. The number of aromatic nitrogens is 1. The Morgan fingerprint density at radius 3 is 2.49 bits per heavy atom. The molecule has 0 saturated carbocycles. The van der Waals surface area contributed by atoms with Gasteiger partial charge in [-0.1, -0.05) is 54.6 Å². The number of H-pyrrole nitrogens is 1. The summed E-state index contributed by atoms with van der Waals surface area (Å²) < 4.78 is 13.4. The molecule has 178 valence electrons. The normalized spacial score (nSPS) is 17.5. The van der Waals surface area contributed by atoms with E-state index in [-0.39, 0.29) is 17.6 Å². The summed E-state index contributed by atoms with van der Waals surface area (Å²) >= 11 is 0. The lowest BCUT2D eigenvalue weighted by Gasteiger charge is -2.29. The molecule has 3 aromatic carbocycles. The van der Waals surface area contributed by atoms with Crippen LogP contribution in [0.4, 0.5) is 4.39 Å². The number of amides is 2. The highest BCUT2D eigenvalue weighted by atomic mass is 19.1. The molecule has 1 unspecified atom stereocenters. The van der Waals surface area contributed by atoms with Crippen molar-refractivity contribution in [1.29, 1.82) is 0 Å². The summed E-state index contributed by atoms with van der Waals surface area (Å²) in [5.41, 5.74) is 4.69. The molecule has 0 aliphatic carbocycles. The van der Waals surface area contributed by atoms with Crippen LogP contribution in [0.15, 0.2) is 78.9 Å². The minimum absolute atomic E-state index is 0.0385. The summed E-state index contributed by atoms with van der Waals surface area (Å²) in [4.78, 5) is 27.9. The number of carbonyl (C=O) groups is 2. The minimum atomic E-state index is -0.415. The smallest absolute Gasteiger partial charge is 0.220 e. The summed E-state index contributed by atoms with van der Waals surface area (Å²) in [5.74, 6) is -0.322. The van der Waals surface area contributed by atoms with E-state index in [2.05, 4.69) is 52.0 Å². The van der Waals surface area contributed by atoms with Gasteiger partial charge in [-0.2, -0.15) is 0 Å². The second kappa shape index (κ2) is 9.74.